The van der Waals surface area contributed by atoms with Crippen molar-refractivity contribution in [1.82, 2.24) is 0 Å². The first-order chi connectivity index (χ1) is 3.72. The van der Waals surface area contributed by atoms with Crippen LogP contribution in [0.4, 0.5) is 0 Å². The smallest absolute Gasteiger partial charge is 0.158 e. The lowest BCUT2D eigenvalue weighted by molar-refractivity contribution is -0.117. The average Bonchev–Trinajstić information content (AvgIpc) is 1.98. The van der Waals surface area contributed by atoms with Crippen LogP contribution < -0.4 is 0 Å². The number of carbonyl (C=O) groups is 1. The van der Waals surface area contributed by atoms with Gasteiger partial charge in [0.25, 0.3) is 0 Å². The van der Waals surface area contributed by atoms with Crippen molar-refractivity contribution < 1.29 is 4.79 Å². The molecule has 8 heavy (non-hydrogen) atoms. The van der Waals surface area contributed by atoms with Crippen molar-refractivity contribution in [3.05, 3.63) is 12.2 Å². The lowest BCUT2D eigenvalue weighted by atomic mass is 10.00. The molecular formula is C7H10O. The summed E-state index contributed by atoms with van der Waals surface area (Å²) in [6.07, 6.45) is 3.64. The van der Waals surface area contributed by atoms with Crippen LogP contribution >= 0.6 is 0 Å². The number of ketones is 1. The first kappa shape index (κ1) is 5.54. The van der Waals surface area contributed by atoms with Gasteiger partial charge >= 0.3 is 0 Å². The molecule has 0 saturated carbocycles. The minimum Gasteiger partial charge on any atom is -0.295 e. The lowest BCUT2D eigenvalue weighted by Gasteiger charge is -2.03. The molecule has 1 aliphatic carbocycles. The number of allylic oxidation sites excluding steroid dienone is 2. The maximum atomic E-state index is 10.7. The molecule has 0 amide bonds. The summed E-state index contributed by atoms with van der Waals surface area (Å²) in [7, 11) is 0. The van der Waals surface area contributed by atoms with Crippen LogP contribution in [0.15, 0.2) is 12.2 Å². The number of rotatable bonds is 0. The molecular weight excluding hydrogens is 100 g/mol. The summed E-state index contributed by atoms with van der Waals surface area (Å²) in [5.74, 6) is 0.968. The quantitative estimate of drug-likeness (QED) is 0.460. The topological polar surface area (TPSA) is 17.1 Å². The standard InChI is InChI=1S/C7H10O/c1-5-3-4-7(8)6(5)2/h3-6H,1-2H3/t5?,6-/m1/s1. The summed E-state index contributed by atoms with van der Waals surface area (Å²) in [6.45, 7) is 4.03. The summed E-state index contributed by atoms with van der Waals surface area (Å²) in [5.41, 5.74) is 0. The minimum absolute atomic E-state index is 0.231. The number of hydrogen-bond donors (Lipinski definition) is 0. The molecule has 0 fully saturated rings. The Hall–Kier alpha value is -0.590. The van der Waals surface area contributed by atoms with E-state index in [1.165, 1.54) is 0 Å². The zero-order valence-corrected chi connectivity index (χ0v) is 5.22. The van der Waals surface area contributed by atoms with E-state index < -0.39 is 0 Å². The maximum absolute atomic E-state index is 10.7. The van der Waals surface area contributed by atoms with E-state index in [0.29, 0.717) is 5.92 Å². The van der Waals surface area contributed by atoms with E-state index in [1.54, 1.807) is 6.08 Å². The number of carbonyl (C=O) groups excluding carboxylic acids is 1. The average molecular weight is 110 g/mol. The first-order valence-corrected chi connectivity index (χ1v) is 2.94. The minimum atomic E-state index is 0.231. The summed E-state index contributed by atoms with van der Waals surface area (Å²) >= 11 is 0. The van der Waals surface area contributed by atoms with Crippen molar-refractivity contribution in [1.29, 1.82) is 0 Å². The molecule has 0 aliphatic heterocycles. The maximum Gasteiger partial charge on any atom is 0.158 e. The Morgan fingerprint density at radius 2 is 2.12 bits per heavy atom. The van der Waals surface area contributed by atoms with E-state index in [0.717, 1.165) is 0 Å². The van der Waals surface area contributed by atoms with Crippen LogP contribution in [0.3, 0.4) is 0 Å². The van der Waals surface area contributed by atoms with Gasteiger partial charge in [0.1, 0.15) is 0 Å². The summed E-state index contributed by atoms with van der Waals surface area (Å²) in [6, 6.07) is 0. The van der Waals surface area contributed by atoms with E-state index in [9.17, 15) is 4.79 Å². The molecule has 0 radical (unpaired) electrons. The van der Waals surface area contributed by atoms with Gasteiger partial charge in [0.2, 0.25) is 0 Å². The Labute approximate surface area is 49.4 Å². The molecule has 44 valence electrons. The van der Waals surface area contributed by atoms with Crippen LogP contribution in [0, 0.1) is 11.8 Å². The highest BCUT2D eigenvalue weighted by Gasteiger charge is 2.20. The highest BCUT2D eigenvalue weighted by molar-refractivity contribution is 5.94. The zero-order valence-electron chi connectivity index (χ0n) is 5.22. The molecule has 0 saturated heterocycles. The summed E-state index contributed by atoms with van der Waals surface area (Å²) < 4.78 is 0. The summed E-state index contributed by atoms with van der Waals surface area (Å²) in [4.78, 5) is 10.7. The molecule has 0 spiro atoms. The molecule has 0 N–H and O–H groups in total. The predicted octanol–water partition coefficient (Wildman–Crippen LogP) is 1.40. The van der Waals surface area contributed by atoms with Gasteiger partial charge in [-0.15, -0.1) is 0 Å². The van der Waals surface area contributed by atoms with Gasteiger partial charge in [0, 0.05) is 5.92 Å². The van der Waals surface area contributed by atoms with E-state index >= 15 is 0 Å². The largest absolute Gasteiger partial charge is 0.295 e. The molecule has 1 heteroatoms. The fourth-order valence-electron chi connectivity index (χ4n) is 0.824. The Bertz CT molecular complexity index is 135. The van der Waals surface area contributed by atoms with Gasteiger partial charge in [-0.25, -0.2) is 0 Å². The van der Waals surface area contributed by atoms with Gasteiger partial charge < -0.3 is 0 Å². The molecule has 0 aromatic rings. The number of hydrogen-bond acceptors (Lipinski definition) is 1. The third-order valence-electron chi connectivity index (χ3n) is 1.80. The molecule has 0 heterocycles. The fraction of sp³-hybridized carbons (Fsp3) is 0.571. The van der Waals surface area contributed by atoms with E-state index in [4.69, 9.17) is 0 Å². The molecule has 1 rings (SSSR count). The predicted molar refractivity (Wildman–Crippen MR) is 32.5 cm³/mol. The van der Waals surface area contributed by atoms with Crippen molar-refractivity contribution >= 4 is 5.78 Å². The highest BCUT2D eigenvalue weighted by Crippen LogP contribution is 2.19. The van der Waals surface area contributed by atoms with Crippen LogP contribution in [0.5, 0.6) is 0 Å². The second-order valence-corrected chi connectivity index (χ2v) is 2.41. The third kappa shape index (κ3) is 0.683. The van der Waals surface area contributed by atoms with E-state index in [1.807, 2.05) is 13.0 Å². The van der Waals surface area contributed by atoms with Gasteiger partial charge in [0.05, 0.1) is 0 Å². The molecule has 1 nitrogen and oxygen atoms in total. The van der Waals surface area contributed by atoms with Crippen molar-refractivity contribution in [3.63, 3.8) is 0 Å². The molecule has 0 aromatic heterocycles. The molecule has 1 unspecified atom stereocenters. The Balaban J connectivity index is 2.69. The van der Waals surface area contributed by atoms with Crippen molar-refractivity contribution in [2.75, 3.05) is 0 Å². The summed E-state index contributed by atoms with van der Waals surface area (Å²) in [5, 5.41) is 0. The second-order valence-electron chi connectivity index (χ2n) is 2.41. The van der Waals surface area contributed by atoms with Crippen LogP contribution in [-0.2, 0) is 4.79 Å². The van der Waals surface area contributed by atoms with Crippen LogP contribution in [0.2, 0.25) is 0 Å². The third-order valence-corrected chi connectivity index (χ3v) is 1.80. The van der Waals surface area contributed by atoms with Gasteiger partial charge in [0.15, 0.2) is 5.78 Å². The van der Waals surface area contributed by atoms with Crippen LogP contribution in [-0.4, -0.2) is 5.78 Å². The van der Waals surface area contributed by atoms with Gasteiger partial charge in [-0.05, 0) is 12.0 Å². The molecule has 2 atom stereocenters. The monoisotopic (exact) mass is 110 g/mol. The van der Waals surface area contributed by atoms with E-state index in [-0.39, 0.29) is 11.7 Å². The molecule has 0 bridgehead atoms. The normalized spacial score (nSPS) is 36.5. The van der Waals surface area contributed by atoms with Crippen molar-refractivity contribution in [2.45, 2.75) is 13.8 Å². The molecule has 0 aromatic carbocycles. The zero-order chi connectivity index (χ0) is 6.15. The van der Waals surface area contributed by atoms with Gasteiger partial charge in [-0.1, -0.05) is 19.9 Å². The Kier molecular flexibility index (Phi) is 1.20. The lowest BCUT2D eigenvalue weighted by Crippen LogP contribution is -2.07. The fourth-order valence-corrected chi connectivity index (χ4v) is 0.824. The highest BCUT2D eigenvalue weighted by atomic mass is 16.1. The Morgan fingerprint density at radius 1 is 1.50 bits per heavy atom. The van der Waals surface area contributed by atoms with Gasteiger partial charge in [-0.2, -0.15) is 0 Å². The van der Waals surface area contributed by atoms with Crippen molar-refractivity contribution in [3.8, 4) is 0 Å². The van der Waals surface area contributed by atoms with Crippen LogP contribution in [0.25, 0.3) is 0 Å². The SMILES string of the molecule is CC1C=CC(=O)[C@@H]1C. The second kappa shape index (κ2) is 1.73. The van der Waals surface area contributed by atoms with Crippen molar-refractivity contribution in [2.24, 2.45) is 11.8 Å². The first-order valence-electron chi connectivity index (χ1n) is 2.94. The van der Waals surface area contributed by atoms with E-state index in [2.05, 4.69) is 6.92 Å². The molecule has 1 aliphatic rings. The van der Waals surface area contributed by atoms with Crippen LogP contribution in [0.1, 0.15) is 13.8 Å². The van der Waals surface area contributed by atoms with Gasteiger partial charge in [-0.3, -0.25) is 4.79 Å². The Morgan fingerprint density at radius 3 is 2.25 bits per heavy atom.